The van der Waals surface area contributed by atoms with E-state index in [-0.39, 0.29) is 11.3 Å². The van der Waals surface area contributed by atoms with E-state index >= 15 is 0 Å². The van der Waals surface area contributed by atoms with E-state index in [0.717, 1.165) is 19.1 Å². The van der Waals surface area contributed by atoms with Crippen LogP contribution in [0.25, 0.3) is 0 Å². The molecule has 0 bridgehead atoms. The van der Waals surface area contributed by atoms with Crippen molar-refractivity contribution >= 4 is 21.5 Å². The Balaban J connectivity index is 2.92. The number of hydrogen-bond acceptors (Lipinski definition) is 6. The molecule has 0 spiro atoms. The standard InChI is InChI=1S/C10H11NO6S/c1-7(10(12)13)18(16,17)6-8-2-4-9(5-3-8)11(14)15/h2-5,7H,6H2,1H3,(H,12,13)/p-1. The summed E-state index contributed by atoms with van der Waals surface area (Å²) in [6.45, 7) is 1.02. The van der Waals surface area contributed by atoms with E-state index in [2.05, 4.69) is 0 Å². The third-order valence-corrected chi connectivity index (χ3v) is 4.39. The number of nitro groups is 1. The summed E-state index contributed by atoms with van der Waals surface area (Å²) >= 11 is 0. The van der Waals surface area contributed by atoms with Crippen molar-refractivity contribution in [3.8, 4) is 0 Å². The summed E-state index contributed by atoms with van der Waals surface area (Å²) in [4.78, 5) is 20.3. The van der Waals surface area contributed by atoms with Gasteiger partial charge in [0.25, 0.3) is 5.69 Å². The van der Waals surface area contributed by atoms with Gasteiger partial charge in [-0.3, -0.25) is 10.1 Å². The maximum atomic E-state index is 11.6. The minimum absolute atomic E-state index is 0.163. The van der Waals surface area contributed by atoms with Crippen LogP contribution in [0.1, 0.15) is 12.5 Å². The number of nitrogens with zero attached hydrogens (tertiary/aromatic N) is 1. The number of sulfone groups is 1. The number of aliphatic carboxylic acids is 1. The molecule has 7 nitrogen and oxygen atoms in total. The Labute approximate surface area is 103 Å². The number of hydrogen-bond donors (Lipinski definition) is 0. The van der Waals surface area contributed by atoms with Crippen LogP contribution < -0.4 is 5.11 Å². The highest BCUT2D eigenvalue weighted by Crippen LogP contribution is 2.15. The summed E-state index contributed by atoms with van der Waals surface area (Å²) in [6, 6.07) is 4.87. The molecule has 0 fully saturated rings. The van der Waals surface area contributed by atoms with Gasteiger partial charge in [0.05, 0.1) is 21.9 Å². The minimum Gasteiger partial charge on any atom is -0.549 e. The molecule has 8 heteroatoms. The molecule has 0 saturated carbocycles. The summed E-state index contributed by atoms with van der Waals surface area (Å²) in [6.07, 6.45) is 0. The molecule has 1 rings (SSSR count). The smallest absolute Gasteiger partial charge is 0.269 e. The number of carbonyl (C=O) groups excluding carboxylic acids is 1. The SMILES string of the molecule is CC(C(=O)[O-])S(=O)(=O)Cc1ccc([N+](=O)[O-])cc1. The van der Waals surface area contributed by atoms with E-state index in [9.17, 15) is 28.4 Å². The Bertz CT molecular complexity index is 563. The molecule has 0 aromatic heterocycles. The van der Waals surface area contributed by atoms with E-state index in [1.807, 2.05) is 0 Å². The molecule has 1 unspecified atom stereocenters. The summed E-state index contributed by atoms with van der Waals surface area (Å²) in [5.74, 6) is -2.17. The molecule has 0 heterocycles. The topological polar surface area (TPSA) is 117 Å². The second-order valence-corrected chi connectivity index (χ2v) is 6.01. The second kappa shape index (κ2) is 5.13. The first-order valence-corrected chi connectivity index (χ1v) is 6.61. The van der Waals surface area contributed by atoms with Crippen molar-refractivity contribution in [2.24, 2.45) is 0 Å². The van der Waals surface area contributed by atoms with Crippen molar-refractivity contribution in [2.75, 3.05) is 0 Å². The van der Waals surface area contributed by atoms with Crippen molar-refractivity contribution in [1.82, 2.24) is 0 Å². The third kappa shape index (κ3) is 3.27. The molecule has 0 amide bonds. The molecular weight excluding hydrogens is 262 g/mol. The summed E-state index contributed by atoms with van der Waals surface area (Å²) < 4.78 is 23.2. The van der Waals surface area contributed by atoms with Gasteiger partial charge in [0.1, 0.15) is 0 Å². The van der Waals surface area contributed by atoms with Crippen molar-refractivity contribution in [2.45, 2.75) is 17.9 Å². The fourth-order valence-electron chi connectivity index (χ4n) is 1.22. The first-order valence-electron chi connectivity index (χ1n) is 4.90. The highest BCUT2D eigenvalue weighted by Gasteiger charge is 2.22. The van der Waals surface area contributed by atoms with Gasteiger partial charge in [0, 0.05) is 12.1 Å². The number of rotatable bonds is 5. The van der Waals surface area contributed by atoms with Gasteiger partial charge in [-0.15, -0.1) is 0 Å². The number of benzene rings is 1. The van der Waals surface area contributed by atoms with Gasteiger partial charge in [-0.1, -0.05) is 12.1 Å². The molecule has 98 valence electrons. The van der Waals surface area contributed by atoms with Crippen LogP contribution in [0.2, 0.25) is 0 Å². The van der Waals surface area contributed by atoms with Crippen LogP contribution >= 0.6 is 0 Å². The summed E-state index contributed by atoms with van der Waals surface area (Å²) in [7, 11) is -3.88. The van der Waals surface area contributed by atoms with Gasteiger partial charge in [-0.25, -0.2) is 8.42 Å². The Morgan fingerprint density at radius 3 is 2.22 bits per heavy atom. The average molecular weight is 272 g/mol. The number of nitro benzene ring substituents is 1. The molecule has 0 N–H and O–H groups in total. The van der Waals surface area contributed by atoms with Crippen LogP contribution in [-0.4, -0.2) is 24.6 Å². The zero-order chi connectivity index (χ0) is 13.9. The van der Waals surface area contributed by atoms with Gasteiger partial charge in [0.2, 0.25) is 0 Å². The molecule has 0 aliphatic heterocycles. The normalized spacial score (nSPS) is 12.9. The number of non-ortho nitro benzene ring substituents is 1. The van der Waals surface area contributed by atoms with Gasteiger partial charge in [-0.2, -0.15) is 0 Å². The lowest BCUT2D eigenvalue weighted by molar-refractivity contribution is -0.384. The average Bonchev–Trinajstić information content (AvgIpc) is 2.28. The fourth-order valence-corrected chi connectivity index (χ4v) is 2.42. The highest BCUT2D eigenvalue weighted by atomic mass is 32.2. The highest BCUT2D eigenvalue weighted by molar-refractivity contribution is 7.91. The van der Waals surface area contributed by atoms with Crippen molar-refractivity contribution in [3.05, 3.63) is 39.9 Å². The van der Waals surface area contributed by atoms with Crippen LogP contribution in [0, 0.1) is 10.1 Å². The molecule has 0 radical (unpaired) electrons. The van der Waals surface area contributed by atoms with Crippen LogP contribution in [0.15, 0.2) is 24.3 Å². The van der Waals surface area contributed by atoms with Crippen molar-refractivity contribution < 1.29 is 23.2 Å². The van der Waals surface area contributed by atoms with Gasteiger partial charge in [0.15, 0.2) is 9.84 Å². The molecule has 0 aliphatic carbocycles. The first kappa shape index (κ1) is 14.1. The van der Waals surface area contributed by atoms with Crippen LogP contribution in [0.3, 0.4) is 0 Å². The molecule has 18 heavy (non-hydrogen) atoms. The Morgan fingerprint density at radius 2 is 1.83 bits per heavy atom. The number of carboxylic acid groups (broad SMARTS) is 1. The van der Waals surface area contributed by atoms with E-state index in [4.69, 9.17) is 0 Å². The van der Waals surface area contributed by atoms with Crippen molar-refractivity contribution in [3.63, 3.8) is 0 Å². The summed E-state index contributed by atoms with van der Waals surface area (Å²) in [5, 5.41) is 19.3. The Hall–Kier alpha value is -1.96. The molecule has 0 saturated heterocycles. The van der Waals surface area contributed by atoms with Crippen LogP contribution in [0.4, 0.5) is 5.69 Å². The lowest BCUT2D eigenvalue weighted by Crippen LogP contribution is -2.39. The van der Waals surface area contributed by atoms with Gasteiger partial charge < -0.3 is 9.90 Å². The maximum Gasteiger partial charge on any atom is 0.269 e. The molecule has 1 aromatic rings. The third-order valence-electron chi connectivity index (χ3n) is 2.39. The predicted molar refractivity (Wildman–Crippen MR) is 60.2 cm³/mol. The fraction of sp³-hybridized carbons (Fsp3) is 0.300. The van der Waals surface area contributed by atoms with E-state index in [1.54, 1.807) is 0 Å². The molecule has 1 atom stereocenters. The van der Waals surface area contributed by atoms with Gasteiger partial charge in [-0.05, 0) is 12.5 Å². The Kier molecular flexibility index (Phi) is 4.02. The van der Waals surface area contributed by atoms with Crippen LogP contribution in [-0.2, 0) is 20.4 Å². The first-order chi connectivity index (χ1) is 8.24. The monoisotopic (exact) mass is 272 g/mol. The predicted octanol–water partition coefficient (Wildman–Crippen LogP) is -0.352. The zero-order valence-electron chi connectivity index (χ0n) is 9.40. The quantitative estimate of drug-likeness (QED) is 0.534. The zero-order valence-corrected chi connectivity index (χ0v) is 10.2. The second-order valence-electron chi connectivity index (χ2n) is 3.69. The van der Waals surface area contributed by atoms with Crippen molar-refractivity contribution in [1.29, 1.82) is 0 Å². The van der Waals surface area contributed by atoms with Crippen LogP contribution in [0.5, 0.6) is 0 Å². The number of carboxylic acids is 1. The van der Waals surface area contributed by atoms with E-state index in [0.29, 0.717) is 0 Å². The largest absolute Gasteiger partial charge is 0.549 e. The summed E-state index contributed by atoms with van der Waals surface area (Å²) in [5.41, 5.74) is 0.123. The lowest BCUT2D eigenvalue weighted by atomic mass is 10.2. The van der Waals surface area contributed by atoms with Gasteiger partial charge >= 0.3 is 0 Å². The Morgan fingerprint density at radius 1 is 1.33 bits per heavy atom. The van der Waals surface area contributed by atoms with E-state index < -0.39 is 31.7 Å². The minimum atomic E-state index is -3.88. The number of carbonyl (C=O) groups is 1. The molecule has 1 aromatic carbocycles. The maximum absolute atomic E-state index is 11.6. The van der Waals surface area contributed by atoms with E-state index in [1.165, 1.54) is 12.1 Å². The molecule has 0 aliphatic rings. The molecular formula is C10H10NO6S-. The lowest BCUT2D eigenvalue weighted by Gasteiger charge is -2.13.